The Balaban J connectivity index is 1.62. The van der Waals surface area contributed by atoms with E-state index >= 15 is 0 Å². The molecule has 3 aromatic rings. The second-order valence-electron chi connectivity index (χ2n) is 10.2. The summed E-state index contributed by atoms with van der Waals surface area (Å²) in [6, 6.07) is 15.1. The monoisotopic (exact) mass is 498 g/mol. The van der Waals surface area contributed by atoms with Crippen molar-refractivity contribution in [3.8, 4) is 0 Å². The molecule has 0 aliphatic heterocycles. The number of rotatable bonds is 11. The number of carbonyl (C=O) groups excluding carboxylic acids is 1. The lowest BCUT2D eigenvalue weighted by Crippen LogP contribution is -2.45. The fourth-order valence-corrected chi connectivity index (χ4v) is 5.85. The summed E-state index contributed by atoms with van der Waals surface area (Å²) >= 11 is 1.90. The molecule has 34 heavy (non-hydrogen) atoms. The number of imidazole rings is 1. The lowest BCUT2D eigenvalue weighted by Gasteiger charge is -2.39. The fourth-order valence-electron chi connectivity index (χ4n) is 3.54. The zero-order valence-electron chi connectivity index (χ0n) is 21.3. The second-order valence-corrected chi connectivity index (χ2v) is 16.1. The van der Waals surface area contributed by atoms with Crippen molar-refractivity contribution in [1.82, 2.24) is 9.55 Å². The van der Waals surface area contributed by atoms with Crippen molar-refractivity contribution in [3.05, 3.63) is 60.7 Å². The fraction of sp³-hybridized carbons (Fsp3) is 0.481. The first-order chi connectivity index (χ1) is 16.1. The molecule has 7 heteroatoms. The van der Waals surface area contributed by atoms with Crippen molar-refractivity contribution < 1.29 is 14.0 Å². The van der Waals surface area contributed by atoms with Crippen molar-refractivity contribution in [1.29, 1.82) is 0 Å². The molecule has 0 aliphatic rings. The third-order valence-electron chi connectivity index (χ3n) is 6.46. The maximum atomic E-state index is 12.0. The molecule has 0 saturated heterocycles. The second kappa shape index (κ2) is 11.6. The number of esters is 1. The minimum atomic E-state index is -1.94. The van der Waals surface area contributed by atoms with Crippen LogP contribution in [0.15, 0.2) is 59.9 Å². The number of thioether (sulfide) groups is 1. The third kappa shape index (κ3) is 7.20. The van der Waals surface area contributed by atoms with Crippen LogP contribution in [0.4, 0.5) is 0 Å². The van der Waals surface area contributed by atoms with Crippen LogP contribution in [0.25, 0.3) is 10.8 Å². The van der Waals surface area contributed by atoms with Gasteiger partial charge in [-0.05, 0) is 66.6 Å². The molecule has 0 spiro atoms. The molecule has 5 nitrogen and oxygen atoms in total. The SMILES string of the molecule is CCOC(=O)c1cn(CC(CCCSc2ccc3ccccc3c2)O[Si](C)(C)C(C)(C)C)cn1. The Bertz CT molecular complexity index is 1090. The summed E-state index contributed by atoms with van der Waals surface area (Å²) in [6.07, 6.45) is 5.56. The maximum Gasteiger partial charge on any atom is 0.358 e. The Morgan fingerprint density at radius 3 is 2.59 bits per heavy atom. The van der Waals surface area contributed by atoms with Gasteiger partial charge in [0.2, 0.25) is 0 Å². The molecule has 0 aliphatic carbocycles. The van der Waals surface area contributed by atoms with Gasteiger partial charge in [0.15, 0.2) is 14.0 Å². The molecular weight excluding hydrogens is 460 g/mol. The smallest absolute Gasteiger partial charge is 0.358 e. The number of nitrogens with zero attached hydrogens (tertiary/aromatic N) is 2. The van der Waals surface area contributed by atoms with E-state index in [2.05, 4.69) is 81.3 Å². The lowest BCUT2D eigenvalue weighted by atomic mass is 10.1. The lowest BCUT2D eigenvalue weighted by molar-refractivity contribution is 0.0519. The van der Waals surface area contributed by atoms with Gasteiger partial charge < -0.3 is 13.7 Å². The quantitative estimate of drug-likeness (QED) is 0.121. The predicted octanol–water partition coefficient (Wildman–Crippen LogP) is 7.18. The highest BCUT2D eigenvalue weighted by Crippen LogP contribution is 2.38. The van der Waals surface area contributed by atoms with Crippen LogP contribution in [0.1, 0.15) is 51.0 Å². The first-order valence-electron chi connectivity index (χ1n) is 12.1. The average Bonchev–Trinajstić information content (AvgIpc) is 3.24. The highest BCUT2D eigenvalue weighted by Gasteiger charge is 2.39. The molecule has 1 aromatic heterocycles. The minimum Gasteiger partial charge on any atom is -0.461 e. The van der Waals surface area contributed by atoms with Gasteiger partial charge in [-0.25, -0.2) is 9.78 Å². The first-order valence-corrected chi connectivity index (χ1v) is 16.0. The van der Waals surface area contributed by atoms with Crippen molar-refractivity contribution in [2.24, 2.45) is 0 Å². The molecule has 0 N–H and O–H groups in total. The van der Waals surface area contributed by atoms with Gasteiger partial charge in [0, 0.05) is 17.6 Å². The maximum absolute atomic E-state index is 12.0. The Kier molecular flexibility index (Phi) is 9.01. The number of hydrogen-bond donors (Lipinski definition) is 0. The van der Waals surface area contributed by atoms with E-state index in [-0.39, 0.29) is 17.1 Å². The van der Waals surface area contributed by atoms with E-state index in [1.54, 1.807) is 19.4 Å². The molecule has 0 fully saturated rings. The Morgan fingerprint density at radius 1 is 1.15 bits per heavy atom. The first kappa shape index (κ1) is 26.5. The van der Waals surface area contributed by atoms with E-state index < -0.39 is 8.32 Å². The summed E-state index contributed by atoms with van der Waals surface area (Å²) in [5.74, 6) is 0.656. The van der Waals surface area contributed by atoms with Crippen LogP contribution in [-0.2, 0) is 15.7 Å². The number of hydrogen-bond acceptors (Lipinski definition) is 5. The Hall–Kier alpha value is -2.09. The summed E-state index contributed by atoms with van der Waals surface area (Å²) in [5.41, 5.74) is 0.347. The third-order valence-corrected chi connectivity index (χ3v) is 12.1. The molecule has 184 valence electrons. The molecule has 3 rings (SSSR count). The van der Waals surface area contributed by atoms with E-state index in [0.717, 1.165) is 18.6 Å². The Morgan fingerprint density at radius 2 is 1.88 bits per heavy atom. The van der Waals surface area contributed by atoms with Gasteiger partial charge in [0.25, 0.3) is 0 Å². The van der Waals surface area contributed by atoms with E-state index in [1.807, 2.05) is 16.3 Å². The van der Waals surface area contributed by atoms with Gasteiger partial charge in [0.05, 0.1) is 19.0 Å². The topological polar surface area (TPSA) is 53.4 Å². The summed E-state index contributed by atoms with van der Waals surface area (Å²) in [5, 5.41) is 2.69. The van der Waals surface area contributed by atoms with Crippen LogP contribution < -0.4 is 0 Å². The van der Waals surface area contributed by atoms with Gasteiger partial charge >= 0.3 is 5.97 Å². The number of benzene rings is 2. The van der Waals surface area contributed by atoms with Gasteiger partial charge in [-0.15, -0.1) is 11.8 Å². The number of carbonyl (C=O) groups is 1. The summed E-state index contributed by atoms with van der Waals surface area (Å²) in [6.45, 7) is 14.2. The van der Waals surface area contributed by atoms with Crippen LogP contribution >= 0.6 is 11.8 Å². The molecule has 1 atom stereocenters. The molecule has 1 heterocycles. The van der Waals surface area contributed by atoms with Gasteiger partial charge in [-0.2, -0.15) is 0 Å². The van der Waals surface area contributed by atoms with E-state index in [4.69, 9.17) is 9.16 Å². The highest BCUT2D eigenvalue weighted by atomic mass is 32.2. The number of ether oxygens (including phenoxy) is 1. The number of fused-ring (bicyclic) bond motifs is 1. The summed E-state index contributed by atoms with van der Waals surface area (Å²) < 4.78 is 13.8. The van der Waals surface area contributed by atoms with Crippen molar-refractivity contribution in [2.75, 3.05) is 12.4 Å². The molecular formula is C27H38N2O3SSi. The van der Waals surface area contributed by atoms with Crippen LogP contribution in [0.3, 0.4) is 0 Å². The normalized spacial score (nSPS) is 13.2. The number of aromatic nitrogens is 2. The van der Waals surface area contributed by atoms with Crippen molar-refractivity contribution in [2.45, 2.75) is 76.2 Å². The average molecular weight is 499 g/mol. The standard InChI is InChI=1S/C27H38N2O3SSi/c1-7-31-26(30)25-19-29(20-28-25)18-23(32-34(5,6)27(2,3)4)13-10-16-33-24-15-14-21-11-8-9-12-22(21)17-24/h8-9,11-12,14-15,17,19-20,23H,7,10,13,16,18H2,1-6H3. The van der Waals surface area contributed by atoms with Crippen LogP contribution in [-0.4, -0.2) is 42.3 Å². The largest absolute Gasteiger partial charge is 0.461 e. The Labute approximate surface area is 209 Å². The van der Waals surface area contributed by atoms with E-state index in [0.29, 0.717) is 18.8 Å². The highest BCUT2D eigenvalue weighted by molar-refractivity contribution is 7.99. The van der Waals surface area contributed by atoms with Gasteiger partial charge in [0.1, 0.15) is 0 Å². The minimum absolute atomic E-state index is 0.0716. The summed E-state index contributed by atoms with van der Waals surface area (Å²) in [7, 11) is -1.94. The van der Waals surface area contributed by atoms with Gasteiger partial charge in [-0.3, -0.25) is 0 Å². The van der Waals surface area contributed by atoms with E-state index in [9.17, 15) is 4.79 Å². The molecule has 0 bridgehead atoms. The molecule has 1 unspecified atom stereocenters. The zero-order chi connectivity index (χ0) is 24.8. The van der Waals surface area contributed by atoms with Crippen molar-refractivity contribution in [3.63, 3.8) is 0 Å². The van der Waals surface area contributed by atoms with E-state index in [1.165, 1.54) is 15.7 Å². The predicted molar refractivity (Wildman–Crippen MR) is 144 cm³/mol. The zero-order valence-corrected chi connectivity index (χ0v) is 23.2. The van der Waals surface area contributed by atoms with Crippen LogP contribution in [0, 0.1) is 0 Å². The summed E-state index contributed by atoms with van der Waals surface area (Å²) in [4.78, 5) is 17.5. The molecule has 0 saturated carbocycles. The van der Waals surface area contributed by atoms with Crippen LogP contribution in [0.5, 0.6) is 0 Å². The molecule has 0 radical (unpaired) electrons. The van der Waals surface area contributed by atoms with Gasteiger partial charge in [-0.1, -0.05) is 51.1 Å². The molecule has 0 amide bonds. The van der Waals surface area contributed by atoms with Crippen LogP contribution in [0.2, 0.25) is 18.1 Å². The van der Waals surface area contributed by atoms with Crippen molar-refractivity contribution >= 4 is 36.8 Å². The molecule has 2 aromatic carbocycles.